The van der Waals surface area contributed by atoms with E-state index < -0.39 is 11.0 Å². The van der Waals surface area contributed by atoms with Crippen LogP contribution in [0.15, 0.2) is 36.4 Å². The molecule has 1 amide bonds. The van der Waals surface area contributed by atoms with E-state index in [0.29, 0.717) is 22.0 Å². The van der Waals surface area contributed by atoms with Crippen molar-refractivity contribution >= 4 is 28.9 Å². The van der Waals surface area contributed by atoms with Crippen molar-refractivity contribution in [2.45, 2.75) is 26.9 Å². The minimum Gasteiger partial charge on any atom is -0.481 e. The average molecular weight is 349 g/mol. The van der Waals surface area contributed by atoms with E-state index in [1.54, 1.807) is 32.0 Å². The third-order valence-electron chi connectivity index (χ3n) is 3.57. The van der Waals surface area contributed by atoms with Gasteiger partial charge in [0.1, 0.15) is 5.75 Å². The summed E-state index contributed by atoms with van der Waals surface area (Å²) >= 11 is 6.03. The van der Waals surface area contributed by atoms with Crippen LogP contribution in [0.2, 0.25) is 5.02 Å². The Labute approximate surface area is 144 Å². The lowest BCUT2D eigenvalue weighted by molar-refractivity contribution is -0.385. The predicted molar refractivity (Wildman–Crippen MR) is 92.7 cm³/mol. The first-order valence-corrected chi connectivity index (χ1v) is 7.65. The molecule has 0 bridgehead atoms. The fraction of sp³-hybridized carbons (Fsp3) is 0.235. The van der Waals surface area contributed by atoms with Gasteiger partial charge in [0, 0.05) is 22.3 Å². The number of anilines is 1. The maximum atomic E-state index is 12.3. The number of nitrogens with one attached hydrogen (secondary N) is 1. The summed E-state index contributed by atoms with van der Waals surface area (Å²) < 4.78 is 5.57. The maximum absolute atomic E-state index is 12.3. The zero-order chi connectivity index (χ0) is 17.9. The predicted octanol–water partition coefficient (Wildman–Crippen LogP) is 4.27. The molecular formula is C17H17ClN2O4. The molecule has 0 aliphatic heterocycles. The van der Waals surface area contributed by atoms with Gasteiger partial charge in [-0.3, -0.25) is 14.9 Å². The molecule has 0 aromatic heterocycles. The Morgan fingerprint density at radius 3 is 2.62 bits per heavy atom. The minimum atomic E-state index is -0.774. The third kappa shape index (κ3) is 4.02. The first-order chi connectivity index (χ1) is 11.3. The summed E-state index contributed by atoms with van der Waals surface area (Å²) in [6.07, 6.45) is -0.774. The number of hydrogen-bond donors (Lipinski definition) is 1. The number of nitro benzene ring substituents is 1. The average Bonchev–Trinajstić information content (AvgIpc) is 2.51. The van der Waals surface area contributed by atoms with Crippen molar-refractivity contribution in [1.82, 2.24) is 0 Å². The first kappa shape index (κ1) is 17.7. The Kier molecular flexibility index (Phi) is 5.41. The Morgan fingerprint density at radius 2 is 2.00 bits per heavy atom. The molecule has 0 aliphatic carbocycles. The molecule has 0 radical (unpaired) electrons. The van der Waals surface area contributed by atoms with Gasteiger partial charge in [-0.25, -0.2) is 0 Å². The third-order valence-corrected chi connectivity index (χ3v) is 3.98. The molecule has 1 N–H and O–H groups in total. The largest absolute Gasteiger partial charge is 0.481 e. The summed E-state index contributed by atoms with van der Waals surface area (Å²) in [6.45, 7) is 5.03. The van der Waals surface area contributed by atoms with Crippen LogP contribution in [0.3, 0.4) is 0 Å². The van der Waals surface area contributed by atoms with Crippen LogP contribution < -0.4 is 10.1 Å². The summed E-state index contributed by atoms with van der Waals surface area (Å²) in [4.78, 5) is 22.6. The van der Waals surface area contributed by atoms with E-state index in [9.17, 15) is 14.9 Å². The van der Waals surface area contributed by atoms with Gasteiger partial charge >= 0.3 is 0 Å². The van der Waals surface area contributed by atoms with Gasteiger partial charge in [-0.05, 0) is 50.6 Å². The van der Waals surface area contributed by atoms with Gasteiger partial charge in [0.15, 0.2) is 6.10 Å². The Morgan fingerprint density at radius 1 is 1.29 bits per heavy atom. The smallest absolute Gasteiger partial charge is 0.272 e. The second kappa shape index (κ2) is 7.31. The van der Waals surface area contributed by atoms with E-state index in [4.69, 9.17) is 16.3 Å². The number of carbonyl (C=O) groups is 1. The normalized spacial score (nSPS) is 11.7. The van der Waals surface area contributed by atoms with Crippen LogP contribution in [-0.4, -0.2) is 16.9 Å². The van der Waals surface area contributed by atoms with Crippen molar-refractivity contribution in [3.8, 4) is 5.75 Å². The molecule has 7 heteroatoms. The highest BCUT2D eigenvalue weighted by Crippen LogP contribution is 2.25. The monoisotopic (exact) mass is 348 g/mol. The summed E-state index contributed by atoms with van der Waals surface area (Å²) in [5.41, 5.74) is 1.86. The van der Waals surface area contributed by atoms with Crippen molar-refractivity contribution in [3.05, 3.63) is 62.7 Å². The number of benzene rings is 2. The van der Waals surface area contributed by atoms with E-state index in [-0.39, 0.29) is 11.6 Å². The quantitative estimate of drug-likeness (QED) is 0.646. The van der Waals surface area contributed by atoms with Crippen molar-refractivity contribution in [2.24, 2.45) is 0 Å². The lowest BCUT2D eigenvalue weighted by atomic mass is 10.2. The zero-order valence-electron chi connectivity index (χ0n) is 13.5. The van der Waals surface area contributed by atoms with Crippen LogP contribution >= 0.6 is 11.6 Å². The van der Waals surface area contributed by atoms with E-state index in [1.165, 1.54) is 18.2 Å². The maximum Gasteiger partial charge on any atom is 0.272 e. The molecule has 0 unspecified atom stereocenters. The molecule has 6 nitrogen and oxygen atoms in total. The second-order valence-electron chi connectivity index (χ2n) is 5.37. The van der Waals surface area contributed by atoms with Gasteiger partial charge in [-0.2, -0.15) is 0 Å². The minimum absolute atomic E-state index is 0.00834. The van der Waals surface area contributed by atoms with E-state index >= 15 is 0 Å². The van der Waals surface area contributed by atoms with E-state index in [1.807, 2.05) is 6.92 Å². The van der Waals surface area contributed by atoms with Gasteiger partial charge in [0.25, 0.3) is 11.6 Å². The molecule has 0 saturated carbocycles. The molecule has 2 rings (SSSR count). The molecule has 2 aromatic rings. The number of carbonyl (C=O) groups excluding carboxylic acids is 1. The van der Waals surface area contributed by atoms with Gasteiger partial charge in [0.2, 0.25) is 0 Å². The number of rotatable bonds is 5. The topological polar surface area (TPSA) is 81.5 Å². The van der Waals surface area contributed by atoms with Crippen LogP contribution in [0, 0.1) is 24.0 Å². The highest BCUT2D eigenvalue weighted by molar-refractivity contribution is 6.31. The molecule has 2 aromatic carbocycles. The molecule has 0 saturated heterocycles. The molecular weight excluding hydrogens is 332 g/mol. The molecule has 1 atom stereocenters. The van der Waals surface area contributed by atoms with Crippen LogP contribution in [-0.2, 0) is 4.79 Å². The van der Waals surface area contributed by atoms with E-state index in [2.05, 4.69) is 5.32 Å². The molecule has 126 valence electrons. The van der Waals surface area contributed by atoms with Crippen LogP contribution in [0.5, 0.6) is 5.75 Å². The fourth-order valence-electron chi connectivity index (χ4n) is 2.14. The van der Waals surface area contributed by atoms with Gasteiger partial charge in [-0.1, -0.05) is 17.7 Å². The standard InChI is InChI=1S/C17H17ClN2O4/c1-10-9-13(7-8-16(10)20(22)23)24-12(3)17(21)19-15-6-4-5-14(18)11(15)2/h4-9,12H,1-3H3,(H,19,21)/t12-/m1/s1. The van der Waals surface area contributed by atoms with Gasteiger partial charge < -0.3 is 10.1 Å². The number of halogens is 1. The van der Waals surface area contributed by atoms with Crippen LogP contribution in [0.1, 0.15) is 18.1 Å². The molecule has 24 heavy (non-hydrogen) atoms. The van der Waals surface area contributed by atoms with Gasteiger partial charge in [0.05, 0.1) is 4.92 Å². The Balaban J connectivity index is 2.08. The number of hydrogen-bond acceptors (Lipinski definition) is 4. The lowest BCUT2D eigenvalue weighted by Crippen LogP contribution is -2.30. The first-order valence-electron chi connectivity index (χ1n) is 7.27. The van der Waals surface area contributed by atoms with Crippen LogP contribution in [0.25, 0.3) is 0 Å². The number of nitro groups is 1. The fourth-order valence-corrected chi connectivity index (χ4v) is 2.32. The lowest BCUT2D eigenvalue weighted by Gasteiger charge is -2.16. The zero-order valence-corrected chi connectivity index (χ0v) is 14.3. The van der Waals surface area contributed by atoms with Crippen molar-refractivity contribution in [2.75, 3.05) is 5.32 Å². The number of ether oxygens (including phenoxy) is 1. The number of aryl methyl sites for hydroxylation is 1. The van der Waals surface area contributed by atoms with Gasteiger partial charge in [-0.15, -0.1) is 0 Å². The summed E-state index contributed by atoms with van der Waals surface area (Å²) in [6, 6.07) is 9.60. The highest BCUT2D eigenvalue weighted by Gasteiger charge is 2.18. The summed E-state index contributed by atoms with van der Waals surface area (Å²) in [5, 5.41) is 14.1. The Bertz CT molecular complexity index is 792. The second-order valence-corrected chi connectivity index (χ2v) is 5.77. The highest BCUT2D eigenvalue weighted by atomic mass is 35.5. The van der Waals surface area contributed by atoms with Crippen LogP contribution in [0.4, 0.5) is 11.4 Å². The number of amides is 1. The molecule has 0 heterocycles. The van der Waals surface area contributed by atoms with Crippen molar-refractivity contribution in [1.29, 1.82) is 0 Å². The molecule has 0 spiro atoms. The summed E-state index contributed by atoms with van der Waals surface area (Å²) in [7, 11) is 0. The van der Waals surface area contributed by atoms with Crippen molar-refractivity contribution in [3.63, 3.8) is 0 Å². The molecule has 0 fully saturated rings. The SMILES string of the molecule is Cc1cc(O[C@H](C)C(=O)Nc2cccc(Cl)c2C)ccc1[N+](=O)[O-]. The molecule has 0 aliphatic rings. The summed E-state index contributed by atoms with van der Waals surface area (Å²) in [5.74, 6) is 0.0555. The number of nitrogens with zero attached hydrogens (tertiary/aromatic N) is 1. The van der Waals surface area contributed by atoms with E-state index in [0.717, 1.165) is 5.56 Å². The van der Waals surface area contributed by atoms with Crippen molar-refractivity contribution < 1.29 is 14.5 Å². The Hall–Kier alpha value is -2.60.